The van der Waals surface area contributed by atoms with Crippen molar-refractivity contribution in [2.45, 2.75) is 39.7 Å². The second-order valence-electron chi connectivity index (χ2n) is 8.37. The van der Waals surface area contributed by atoms with E-state index in [9.17, 15) is 9.59 Å². The summed E-state index contributed by atoms with van der Waals surface area (Å²) in [5.41, 5.74) is 5.12. The molecule has 0 saturated heterocycles. The van der Waals surface area contributed by atoms with Crippen molar-refractivity contribution < 1.29 is 9.53 Å². The van der Waals surface area contributed by atoms with Gasteiger partial charge in [-0.25, -0.2) is 9.78 Å². The lowest BCUT2D eigenvalue weighted by Crippen LogP contribution is -2.20. The van der Waals surface area contributed by atoms with Crippen molar-refractivity contribution >= 4 is 22.5 Å². The monoisotopic (exact) mass is 413 g/mol. The van der Waals surface area contributed by atoms with E-state index in [4.69, 9.17) is 9.72 Å². The zero-order valence-corrected chi connectivity index (χ0v) is 17.6. The first kappa shape index (κ1) is 19.4. The number of aromatic nitrogens is 3. The number of hydrogen-bond donors (Lipinski definition) is 0. The Morgan fingerprint density at radius 1 is 1.19 bits per heavy atom. The number of nitrogens with zero attached hydrogens (tertiary/aromatic N) is 3. The highest BCUT2D eigenvalue weighted by Gasteiger charge is 2.26. The molecule has 1 aliphatic carbocycles. The van der Waals surface area contributed by atoms with Crippen LogP contribution >= 0.6 is 0 Å². The van der Waals surface area contributed by atoms with E-state index in [2.05, 4.69) is 11.9 Å². The third kappa shape index (κ3) is 3.58. The van der Waals surface area contributed by atoms with Crippen LogP contribution in [0.4, 0.5) is 0 Å². The number of hydrogen-bond acceptors (Lipinski definition) is 5. The van der Waals surface area contributed by atoms with Crippen LogP contribution in [0.2, 0.25) is 0 Å². The summed E-state index contributed by atoms with van der Waals surface area (Å²) < 4.78 is 7.17. The van der Waals surface area contributed by atoms with E-state index in [0.29, 0.717) is 22.8 Å². The number of carbonyl (C=O) groups excluding carboxylic acids is 1. The van der Waals surface area contributed by atoms with Crippen LogP contribution in [0.1, 0.15) is 46.2 Å². The molecule has 0 bridgehead atoms. The Morgan fingerprint density at radius 2 is 2.03 bits per heavy atom. The van der Waals surface area contributed by atoms with Crippen LogP contribution in [0.5, 0.6) is 0 Å². The van der Waals surface area contributed by atoms with Gasteiger partial charge in [-0.1, -0.05) is 31.2 Å². The van der Waals surface area contributed by atoms with Gasteiger partial charge < -0.3 is 4.74 Å². The molecular formula is C25H23N3O3. The first-order chi connectivity index (χ1) is 15.0. The lowest BCUT2D eigenvalue weighted by atomic mass is 9.84. The van der Waals surface area contributed by atoms with Gasteiger partial charge in [0.25, 0.3) is 5.56 Å². The lowest BCUT2D eigenvalue weighted by Gasteiger charge is -2.24. The predicted molar refractivity (Wildman–Crippen MR) is 118 cm³/mol. The Kier molecular flexibility index (Phi) is 4.77. The Balaban J connectivity index is 1.50. The number of ether oxygens (including phenoxy) is 1. The summed E-state index contributed by atoms with van der Waals surface area (Å²) in [6.07, 6.45) is 4.49. The van der Waals surface area contributed by atoms with E-state index in [-0.39, 0.29) is 12.2 Å². The van der Waals surface area contributed by atoms with Crippen LogP contribution in [0, 0.1) is 12.8 Å². The zero-order valence-electron chi connectivity index (χ0n) is 17.6. The third-order valence-corrected chi connectivity index (χ3v) is 5.92. The Bertz CT molecular complexity index is 1390. The van der Waals surface area contributed by atoms with Crippen molar-refractivity contribution in [2.24, 2.45) is 5.92 Å². The third-order valence-electron chi connectivity index (χ3n) is 5.92. The van der Waals surface area contributed by atoms with Gasteiger partial charge in [-0.3, -0.25) is 14.2 Å². The van der Waals surface area contributed by atoms with Crippen molar-refractivity contribution in [3.8, 4) is 0 Å². The number of aryl methyl sites for hydroxylation is 2. The number of carbonyl (C=O) groups is 1. The molecule has 1 atom stereocenters. The molecule has 0 N–H and O–H groups in total. The first-order valence-corrected chi connectivity index (χ1v) is 10.6. The van der Waals surface area contributed by atoms with Crippen LogP contribution < -0.4 is 5.56 Å². The van der Waals surface area contributed by atoms with Crippen LogP contribution in [0.15, 0.2) is 53.5 Å². The quantitative estimate of drug-likeness (QED) is 0.474. The molecule has 0 radical (unpaired) electrons. The minimum Gasteiger partial charge on any atom is -0.456 e. The summed E-state index contributed by atoms with van der Waals surface area (Å²) in [6.45, 7) is 4.06. The number of pyridine rings is 2. The molecule has 6 nitrogen and oxygen atoms in total. The lowest BCUT2D eigenvalue weighted by molar-refractivity contribution is 0.0468. The summed E-state index contributed by atoms with van der Waals surface area (Å²) in [5, 5.41) is 0.808. The molecule has 0 saturated carbocycles. The Morgan fingerprint density at radius 3 is 2.90 bits per heavy atom. The van der Waals surface area contributed by atoms with E-state index in [1.807, 2.05) is 37.3 Å². The molecule has 0 aliphatic heterocycles. The van der Waals surface area contributed by atoms with Gasteiger partial charge in [0.15, 0.2) is 0 Å². The summed E-state index contributed by atoms with van der Waals surface area (Å²) in [5.74, 6) is 0.0996. The number of esters is 1. The number of para-hydroxylation sites is 1. The molecule has 0 spiro atoms. The minimum absolute atomic E-state index is 0.0561. The molecule has 5 rings (SSSR count). The van der Waals surface area contributed by atoms with Gasteiger partial charge in [-0.15, -0.1) is 0 Å². The van der Waals surface area contributed by atoms with Crippen molar-refractivity contribution in [1.82, 2.24) is 14.4 Å². The van der Waals surface area contributed by atoms with Gasteiger partial charge in [0.1, 0.15) is 12.3 Å². The van der Waals surface area contributed by atoms with Crippen LogP contribution in [-0.4, -0.2) is 20.3 Å². The molecule has 1 aromatic carbocycles. The summed E-state index contributed by atoms with van der Waals surface area (Å²) in [4.78, 5) is 35.0. The fraction of sp³-hybridized carbons (Fsp3) is 0.280. The zero-order chi connectivity index (χ0) is 21.5. The standard InChI is InChI=1S/C25H23N3O3/c1-15-7-9-21-19(11-15)24(18-5-3-4-6-20(18)27-21)25(30)31-14-17-12-23(29)28-13-16(2)8-10-22(28)26-17/h3-6,8,10,12-13,15H,7,9,11,14H2,1-2H3. The van der Waals surface area contributed by atoms with Crippen molar-refractivity contribution in [3.05, 3.63) is 87.1 Å². The molecule has 3 aromatic heterocycles. The normalized spacial score (nSPS) is 15.7. The molecular weight excluding hydrogens is 390 g/mol. The van der Waals surface area contributed by atoms with Gasteiger partial charge in [-0.05, 0) is 55.4 Å². The molecule has 0 fully saturated rings. The minimum atomic E-state index is -0.394. The van der Waals surface area contributed by atoms with E-state index < -0.39 is 5.97 Å². The topological polar surface area (TPSA) is 73.6 Å². The molecule has 6 heteroatoms. The molecule has 1 aliphatic rings. The van der Waals surface area contributed by atoms with Gasteiger partial charge in [0.05, 0.1) is 16.8 Å². The highest BCUT2D eigenvalue weighted by molar-refractivity contribution is 6.05. The maximum atomic E-state index is 13.2. The number of fused-ring (bicyclic) bond motifs is 3. The highest BCUT2D eigenvalue weighted by atomic mass is 16.5. The van der Waals surface area contributed by atoms with Gasteiger partial charge in [0.2, 0.25) is 0 Å². The summed E-state index contributed by atoms with van der Waals surface area (Å²) in [6, 6.07) is 12.8. The highest BCUT2D eigenvalue weighted by Crippen LogP contribution is 2.32. The molecule has 1 unspecified atom stereocenters. The first-order valence-electron chi connectivity index (χ1n) is 10.6. The number of rotatable bonds is 3. The van der Waals surface area contributed by atoms with Gasteiger partial charge >= 0.3 is 5.97 Å². The fourth-order valence-electron chi connectivity index (χ4n) is 4.34. The Labute approximate surface area is 179 Å². The molecule has 3 heterocycles. The fourth-order valence-corrected chi connectivity index (χ4v) is 4.34. The summed E-state index contributed by atoms with van der Waals surface area (Å²) >= 11 is 0. The Hall–Kier alpha value is -3.54. The van der Waals surface area contributed by atoms with Crippen molar-refractivity contribution in [2.75, 3.05) is 0 Å². The average Bonchev–Trinajstić information content (AvgIpc) is 2.76. The summed E-state index contributed by atoms with van der Waals surface area (Å²) in [7, 11) is 0. The van der Waals surface area contributed by atoms with E-state index in [1.165, 1.54) is 10.5 Å². The van der Waals surface area contributed by atoms with Crippen molar-refractivity contribution in [3.63, 3.8) is 0 Å². The number of benzene rings is 1. The molecule has 0 amide bonds. The molecule has 156 valence electrons. The van der Waals surface area contributed by atoms with Crippen LogP contribution in [0.3, 0.4) is 0 Å². The SMILES string of the molecule is Cc1ccc2nc(COC(=O)c3c4c(nc5ccccc35)CCC(C)C4)cc(=O)n2c1. The van der Waals surface area contributed by atoms with Crippen molar-refractivity contribution in [1.29, 1.82) is 0 Å². The van der Waals surface area contributed by atoms with Gasteiger partial charge in [0, 0.05) is 23.3 Å². The van der Waals surface area contributed by atoms with E-state index in [1.54, 1.807) is 12.3 Å². The average molecular weight is 413 g/mol. The molecule has 31 heavy (non-hydrogen) atoms. The van der Waals surface area contributed by atoms with E-state index in [0.717, 1.165) is 47.0 Å². The molecule has 4 aromatic rings. The smallest absolute Gasteiger partial charge is 0.339 e. The maximum Gasteiger partial charge on any atom is 0.339 e. The predicted octanol–water partition coefficient (Wildman–Crippen LogP) is 4.03. The van der Waals surface area contributed by atoms with Crippen LogP contribution in [-0.2, 0) is 24.2 Å². The van der Waals surface area contributed by atoms with Crippen LogP contribution in [0.25, 0.3) is 16.6 Å². The largest absolute Gasteiger partial charge is 0.456 e. The second kappa shape index (κ2) is 7.61. The second-order valence-corrected chi connectivity index (χ2v) is 8.37. The van der Waals surface area contributed by atoms with E-state index >= 15 is 0 Å². The van der Waals surface area contributed by atoms with Gasteiger partial charge in [-0.2, -0.15) is 0 Å². The maximum absolute atomic E-state index is 13.2.